The van der Waals surface area contributed by atoms with Crippen LogP contribution in [0.4, 0.5) is 0 Å². The maximum absolute atomic E-state index is 8.52. The molecule has 0 N–H and O–H groups in total. The first-order valence-electron chi connectivity index (χ1n) is 0.612. The second kappa shape index (κ2) is 9.08. The lowest BCUT2D eigenvalue weighted by Gasteiger charge is -1.94. The first kappa shape index (κ1) is 16.1. The molecule has 0 spiro atoms. The minimum absolute atomic E-state index is 0. The van der Waals surface area contributed by atoms with Gasteiger partial charge in [-0.1, -0.05) is 0 Å². The molecule has 2 unspecified atom stereocenters. The van der Waals surface area contributed by atoms with Gasteiger partial charge in [-0.2, -0.15) is 0 Å². The van der Waals surface area contributed by atoms with Crippen LogP contribution in [0.25, 0.3) is 0 Å². The average Bonchev–Trinajstić information content (AvgIpc) is 0.811. The minimum Gasteiger partial charge on any atom is -0.672 e. The Labute approximate surface area is 43.9 Å². The smallest absolute Gasteiger partial charge is 0.0172 e. The molecule has 0 rings (SSSR count). The summed E-state index contributed by atoms with van der Waals surface area (Å²) < 4.78 is 8.52. The van der Waals surface area contributed by atoms with E-state index in [4.69, 9.17) is 14.1 Å². The third-order valence-corrected chi connectivity index (χ3v) is 0. The van der Waals surface area contributed by atoms with Gasteiger partial charge in [0.1, 0.15) is 0 Å². The monoisotopic (exact) mass is 146 g/mol. The van der Waals surface area contributed by atoms with Crippen molar-refractivity contribution < 1.29 is 14.1 Å². The van der Waals surface area contributed by atoms with E-state index >= 15 is 0 Å². The third kappa shape index (κ3) is 238. The molecule has 0 aromatic carbocycles. The summed E-state index contributed by atoms with van der Waals surface area (Å²) in [4.78, 5) is 17.0. The van der Waals surface area contributed by atoms with Crippen molar-refractivity contribution >= 4 is 29.0 Å². The highest BCUT2D eigenvalue weighted by Gasteiger charge is 1.29. The van der Waals surface area contributed by atoms with E-state index in [1.165, 1.54) is 0 Å². The zero-order valence-electron chi connectivity index (χ0n) is 3.72. The first-order valence-corrected chi connectivity index (χ1v) is 1.84. The molecule has 2 atom stereocenters. The normalized spacial score (nSPS) is 4.00. The molecule has 0 aliphatic heterocycles. The van der Waals surface area contributed by atoms with Crippen LogP contribution >= 0.6 is 19.8 Å². The number of hydrogen-bond donors (Lipinski definition) is 0. The Balaban J connectivity index is -0.0000000450. The van der Waals surface area contributed by atoms with Crippen molar-refractivity contribution in [2.24, 2.45) is 0 Å². The Morgan fingerprint density at radius 2 is 1.17 bits per heavy atom. The van der Waals surface area contributed by atoms with E-state index in [1.54, 1.807) is 0 Å². The van der Waals surface area contributed by atoms with E-state index in [2.05, 4.69) is 0 Å². The van der Waals surface area contributed by atoms with E-state index in [9.17, 15) is 0 Å². The molecule has 0 heterocycles. The zero-order chi connectivity index (χ0) is 3.58. The maximum atomic E-state index is 8.52. The Morgan fingerprint density at radius 1 is 1.17 bits per heavy atom. The molecule has 6 heteroatoms. The van der Waals surface area contributed by atoms with Crippen molar-refractivity contribution in [2.45, 2.75) is 0 Å². The minimum atomic E-state index is -3.63. The Bertz CT molecular complexity index is 31.8. The van der Waals surface area contributed by atoms with E-state index in [-0.39, 0.29) is 19.8 Å². The van der Waals surface area contributed by atoms with Crippen molar-refractivity contribution in [3.63, 3.8) is 0 Å². The molecule has 0 saturated heterocycles. The maximum Gasteiger partial charge on any atom is 0.0172 e. The van der Waals surface area contributed by atoms with Crippen molar-refractivity contribution in [3.8, 4) is 0 Å². The van der Waals surface area contributed by atoms with Gasteiger partial charge in [-0.3, -0.25) is 0 Å². The van der Waals surface area contributed by atoms with Crippen molar-refractivity contribution in [1.29, 1.82) is 0 Å². The molecular formula is H8O3P2Si. The summed E-state index contributed by atoms with van der Waals surface area (Å²) in [6.07, 6.45) is 0. The molecular weight excluding hydrogens is 138 g/mol. The summed E-state index contributed by atoms with van der Waals surface area (Å²) >= 11 is 0. The van der Waals surface area contributed by atoms with Crippen LogP contribution in [0.3, 0.4) is 0 Å². The third-order valence-electron chi connectivity index (χ3n) is 0. The van der Waals surface area contributed by atoms with E-state index in [1.807, 2.05) is 0 Å². The standard InChI is InChI=1S/O3Si.2H3P/c1-4(2)3;;/h;2*1H3/q-2;;/p+2. The number of rotatable bonds is 0. The van der Waals surface area contributed by atoms with Crippen LogP contribution in [0.2, 0.25) is 0 Å². The highest BCUT2D eigenvalue weighted by molar-refractivity contribution is 6.92. The lowest BCUT2D eigenvalue weighted by Crippen LogP contribution is -2.34. The molecule has 6 heavy (non-hydrogen) atoms. The lowest BCUT2D eigenvalue weighted by molar-refractivity contribution is -0.354. The molecule has 0 aromatic rings. The van der Waals surface area contributed by atoms with Gasteiger partial charge in [0.2, 0.25) is 0 Å². The lowest BCUT2D eigenvalue weighted by atomic mass is 15.8. The summed E-state index contributed by atoms with van der Waals surface area (Å²) in [6.45, 7) is 0. The molecule has 40 valence electrons. The van der Waals surface area contributed by atoms with Crippen LogP contribution in [-0.4, -0.2) is 9.17 Å². The van der Waals surface area contributed by atoms with E-state index in [0.717, 1.165) is 0 Å². The molecule has 0 radical (unpaired) electrons. The molecule has 0 bridgehead atoms. The summed E-state index contributed by atoms with van der Waals surface area (Å²) in [6, 6.07) is 0. The number of hydrogen-bond acceptors (Lipinski definition) is 3. The summed E-state index contributed by atoms with van der Waals surface area (Å²) in [7, 11) is -3.63. The Hall–Kier alpha value is 0.477. The van der Waals surface area contributed by atoms with Gasteiger partial charge in [-0.15, -0.1) is 0 Å². The van der Waals surface area contributed by atoms with Gasteiger partial charge in [0, 0.05) is 9.17 Å². The van der Waals surface area contributed by atoms with Crippen molar-refractivity contribution in [3.05, 3.63) is 0 Å². The molecule has 0 amide bonds. The second-order valence-electron chi connectivity index (χ2n) is 0.250. The fourth-order valence-corrected chi connectivity index (χ4v) is 0. The van der Waals surface area contributed by atoms with Gasteiger partial charge in [0.25, 0.3) is 0 Å². The predicted molar refractivity (Wildman–Crippen MR) is 31.4 cm³/mol. The van der Waals surface area contributed by atoms with Crippen molar-refractivity contribution in [1.82, 2.24) is 0 Å². The van der Waals surface area contributed by atoms with Crippen molar-refractivity contribution in [2.75, 3.05) is 0 Å². The van der Waals surface area contributed by atoms with Gasteiger partial charge < -0.3 is 14.1 Å². The Morgan fingerprint density at radius 3 is 1.17 bits per heavy atom. The van der Waals surface area contributed by atoms with Gasteiger partial charge in [0.05, 0.1) is 0 Å². The first-order chi connectivity index (χ1) is 1.73. The topological polar surface area (TPSA) is 63.2 Å². The summed E-state index contributed by atoms with van der Waals surface area (Å²) in [5, 5.41) is 0. The van der Waals surface area contributed by atoms with Gasteiger partial charge in [0.15, 0.2) is 0 Å². The largest absolute Gasteiger partial charge is 0.672 e. The quantitative estimate of drug-likeness (QED) is 0.265. The Kier molecular flexibility index (Phi) is 24.3. The molecule has 0 aliphatic carbocycles. The van der Waals surface area contributed by atoms with E-state index in [0.29, 0.717) is 0 Å². The zero-order valence-corrected chi connectivity index (χ0v) is 8.72. The fourth-order valence-electron chi connectivity index (χ4n) is 0. The van der Waals surface area contributed by atoms with E-state index < -0.39 is 9.17 Å². The van der Waals surface area contributed by atoms with Crippen LogP contribution in [0.5, 0.6) is 0 Å². The van der Waals surface area contributed by atoms with Crippen LogP contribution < -0.4 is 9.59 Å². The van der Waals surface area contributed by atoms with Crippen LogP contribution in [0.15, 0.2) is 0 Å². The highest BCUT2D eigenvalue weighted by Crippen LogP contribution is 0.990. The molecule has 0 saturated carbocycles. The van der Waals surface area contributed by atoms with Gasteiger partial charge in [-0.25, -0.2) is 0 Å². The predicted octanol–water partition coefficient (Wildman–Crippen LogP) is -3.30. The summed E-state index contributed by atoms with van der Waals surface area (Å²) in [5.41, 5.74) is 0. The summed E-state index contributed by atoms with van der Waals surface area (Å²) in [5.74, 6) is 0. The highest BCUT2D eigenvalue weighted by atomic mass is 31.0. The van der Waals surface area contributed by atoms with Gasteiger partial charge >= 0.3 is 0 Å². The average molecular weight is 146 g/mol. The SMILES string of the molecule is O=[Si]([O-])[O-].[PH4+].[PH4+]. The second-order valence-corrected chi connectivity index (χ2v) is 0.750. The molecule has 0 aromatic heterocycles. The van der Waals surface area contributed by atoms with Gasteiger partial charge in [-0.05, 0) is 19.8 Å². The molecule has 0 fully saturated rings. The fraction of sp³-hybridized carbons (Fsp3) is 0. The van der Waals surface area contributed by atoms with Crippen LogP contribution in [0.1, 0.15) is 0 Å². The van der Waals surface area contributed by atoms with Crippen LogP contribution in [0, 0.1) is 0 Å². The van der Waals surface area contributed by atoms with Crippen LogP contribution in [-0.2, 0) is 4.46 Å². The molecule has 0 aliphatic rings. The molecule has 3 nitrogen and oxygen atoms in total.